The summed E-state index contributed by atoms with van der Waals surface area (Å²) in [4.78, 5) is 28.5. The van der Waals surface area contributed by atoms with Crippen molar-refractivity contribution in [3.05, 3.63) is 29.3 Å². The van der Waals surface area contributed by atoms with Crippen molar-refractivity contribution >= 4 is 17.5 Å². The molecule has 0 aromatic heterocycles. The minimum atomic E-state index is -0.308. The number of nitrogens with one attached hydrogen (secondary N) is 1. The molecule has 0 atom stereocenters. The zero-order valence-corrected chi connectivity index (χ0v) is 15.5. The summed E-state index contributed by atoms with van der Waals surface area (Å²) in [5, 5.41) is 2.97. The van der Waals surface area contributed by atoms with Gasteiger partial charge in [0, 0.05) is 37.3 Å². The molecule has 0 radical (unpaired) electrons. The molecule has 1 fully saturated rings. The van der Waals surface area contributed by atoms with Gasteiger partial charge in [0.1, 0.15) is 0 Å². The number of nitrogens with zero attached hydrogens (tertiary/aromatic N) is 2. The number of hydrogen-bond acceptors (Lipinski definition) is 3. The second-order valence-electron chi connectivity index (χ2n) is 7.74. The molecule has 1 heterocycles. The lowest BCUT2D eigenvalue weighted by molar-refractivity contribution is -0.127. The van der Waals surface area contributed by atoms with Crippen LogP contribution in [0.1, 0.15) is 31.9 Å². The van der Waals surface area contributed by atoms with Gasteiger partial charge in [-0.05, 0) is 37.1 Å². The number of anilines is 1. The summed E-state index contributed by atoms with van der Waals surface area (Å²) in [5.41, 5.74) is 2.80. The summed E-state index contributed by atoms with van der Waals surface area (Å²) >= 11 is 0. The average molecular weight is 331 g/mol. The van der Waals surface area contributed by atoms with Crippen LogP contribution >= 0.6 is 0 Å². The van der Waals surface area contributed by atoms with Crippen molar-refractivity contribution in [3.63, 3.8) is 0 Å². The van der Waals surface area contributed by atoms with Gasteiger partial charge in [0.05, 0.1) is 6.54 Å². The lowest BCUT2D eigenvalue weighted by Crippen LogP contribution is -2.51. The Kier molecular flexibility index (Phi) is 5.65. The second-order valence-corrected chi connectivity index (χ2v) is 7.74. The molecule has 0 unspecified atom stereocenters. The van der Waals surface area contributed by atoms with E-state index in [0.717, 1.165) is 29.9 Å². The molecule has 5 heteroatoms. The lowest BCUT2D eigenvalue weighted by Gasteiger charge is -2.35. The molecule has 0 bridgehead atoms. The van der Waals surface area contributed by atoms with Gasteiger partial charge in [0.25, 0.3) is 0 Å². The number of piperazine rings is 1. The highest BCUT2D eigenvalue weighted by molar-refractivity contribution is 5.89. The van der Waals surface area contributed by atoms with Crippen LogP contribution in [0.2, 0.25) is 0 Å². The van der Waals surface area contributed by atoms with Gasteiger partial charge in [-0.25, -0.2) is 4.79 Å². The predicted molar refractivity (Wildman–Crippen MR) is 97.4 cm³/mol. The molecule has 2 amide bonds. The van der Waals surface area contributed by atoms with E-state index < -0.39 is 0 Å². The molecule has 1 saturated heterocycles. The first-order valence-corrected chi connectivity index (χ1v) is 8.55. The second kappa shape index (κ2) is 7.34. The smallest absolute Gasteiger partial charge is 0.321 e. The molecule has 0 saturated carbocycles. The largest absolute Gasteiger partial charge is 0.322 e. The highest BCUT2D eigenvalue weighted by atomic mass is 16.2. The van der Waals surface area contributed by atoms with Crippen molar-refractivity contribution in [3.8, 4) is 0 Å². The Morgan fingerprint density at radius 2 is 1.54 bits per heavy atom. The molecule has 5 nitrogen and oxygen atoms in total. The van der Waals surface area contributed by atoms with Crippen LogP contribution in [0.15, 0.2) is 18.2 Å². The Labute approximate surface area is 145 Å². The summed E-state index contributed by atoms with van der Waals surface area (Å²) < 4.78 is 0. The molecule has 0 spiro atoms. The van der Waals surface area contributed by atoms with E-state index in [-0.39, 0.29) is 17.2 Å². The molecule has 24 heavy (non-hydrogen) atoms. The van der Waals surface area contributed by atoms with Crippen LogP contribution in [-0.4, -0.2) is 54.3 Å². The van der Waals surface area contributed by atoms with E-state index >= 15 is 0 Å². The quantitative estimate of drug-likeness (QED) is 0.926. The standard InChI is InChI=1S/C19H29N3O2/c1-14-10-15(2)12-16(11-14)20-18(24)22-8-6-21(7-9-22)13-17(23)19(3,4)5/h10-12H,6-9,13H2,1-5H3,(H,20,24). The van der Waals surface area contributed by atoms with Gasteiger partial charge in [-0.1, -0.05) is 26.8 Å². The number of ketones is 1. The highest BCUT2D eigenvalue weighted by Gasteiger charge is 2.27. The normalized spacial score (nSPS) is 16.1. The first kappa shape index (κ1) is 18.5. The number of hydrogen-bond donors (Lipinski definition) is 1. The van der Waals surface area contributed by atoms with Gasteiger partial charge in [0.15, 0.2) is 5.78 Å². The van der Waals surface area contributed by atoms with Gasteiger partial charge in [0.2, 0.25) is 0 Å². The Hall–Kier alpha value is -1.88. The van der Waals surface area contributed by atoms with Gasteiger partial charge in [-0.2, -0.15) is 0 Å². The maximum absolute atomic E-state index is 12.4. The highest BCUT2D eigenvalue weighted by Crippen LogP contribution is 2.17. The van der Waals surface area contributed by atoms with E-state index in [0.29, 0.717) is 19.6 Å². The molecule has 1 aliphatic heterocycles. The third-order valence-corrected chi connectivity index (χ3v) is 4.34. The summed E-state index contributed by atoms with van der Waals surface area (Å²) in [5.74, 6) is 0.246. The maximum Gasteiger partial charge on any atom is 0.321 e. The number of aryl methyl sites for hydroxylation is 2. The monoisotopic (exact) mass is 331 g/mol. The third kappa shape index (κ3) is 5.06. The number of amides is 2. The van der Waals surface area contributed by atoms with Gasteiger partial charge in [-0.3, -0.25) is 9.69 Å². The molecule has 0 aliphatic carbocycles. The van der Waals surface area contributed by atoms with E-state index in [1.807, 2.05) is 51.7 Å². The van der Waals surface area contributed by atoms with E-state index in [9.17, 15) is 9.59 Å². The number of Topliss-reactive ketones (excluding diaryl/α,β-unsaturated/α-hetero) is 1. The minimum absolute atomic E-state index is 0.0678. The van der Waals surface area contributed by atoms with Crippen LogP contribution in [0.3, 0.4) is 0 Å². The molecule has 1 aliphatic rings. The Morgan fingerprint density at radius 3 is 2.04 bits per heavy atom. The summed E-state index contributed by atoms with van der Waals surface area (Å²) in [7, 11) is 0. The summed E-state index contributed by atoms with van der Waals surface area (Å²) in [6.07, 6.45) is 0. The minimum Gasteiger partial charge on any atom is -0.322 e. The van der Waals surface area contributed by atoms with Crippen molar-refractivity contribution in [2.45, 2.75) is 34.6 Å². The van der Waals surface area contributed by atoms with Gasteiger partial charge < -0.3 is 10.2 Å². The Bertz CT molecular complexity index is 591. The van der Waals surface area contributed by atoms with Crippen LogP contribution in [0, 0.1) is 19.3 Å². The molecular formula is C19H29N3O2. The van der Waals surface area contributed by atoms with Crippen molar-refractivity contribution in [1.82, 2.24) is 9.80 Å². The van der Waals surface area contributed by atoms with Crippen LogP contribution in [-0.2, 0) is 4.79 Å². The molecular weight excluding hydrogens is 302 g/mol. The van der Waals surface area contributed by atoms with E-state index in [2.05, 4.69) is 16.3 Å². The first-order valence-electron chi connectivity index (χ1n) is 8.55. The van der Waals surface area contributed by atoms with E-state index in [4.69, 9.17) is 0 Å². The molecule has 2 rings (SSSR count). The van der Waals surface area contributed by atoms with Crippen LogP contribution < -0.4 is 5.32 Å². The van der Waals surface area contributed by atoms with Crippen molar-refractivity contribution < 1.29 is 9.59 Å². The van der Waals surface area contributed by atoms with Gasteiger partial charge in [-0.15, -0.1) is 0 Å². The fourth-order valence-electron chi connectivity index (χ4n) is 2.80. The number of carbonyl (C=O) groups is 2. The zero-order chi connectivity index (χ0) is 17.9. The van der Waals surface area contributed by atoms with Crippen LogP contribution in [0.25, 0.3) is 0 Å². The Morgan fingerprint density at radius 1 is 1.00 bits per heavy atom. The van der Waals surface area contributed by atoms with Gasteiger partial charge >= 0.3 is 6.03 Å². The SMILES string of the molecule is Cc1cc(C)cc(NC(=O)N2CCN(CC(=O)C(C)(C)C)CC2)c1. The third-order valence-electron chi connectivity index (χ3n) is 4.34. The number of urea groups is 1. The van der Waals surface area contributed by atoms with E-state index in [1.54, 1.807) is 0 Å². The number of rotatable bonds is 3. The zero-order valence-electron chi connectivity index (χ0n) is 15.5. The van der Waals surface area contributed by atoms with Crippen LogP contribution in [0.4, 0.5) is 10.5 Å². The van der Waals surface area contributed by atoms with Crippen molar-refractivity contribution in [2.24, 2.45) is 5.41 Å². The van der Waals surface area contributed by atoms with Crippen LogP contribution in [0.5, 0.6) is 0 Å². The maximum atomic E-state index is 12.4. The summed E-state index contributed by atoms with van der Waals surface area (Å²) in [6, 6.07) is 5.97. The fraction of sp³-hybridized carbons (Fsp3) is 0.579. The number of carbonyl (C=O) groups excluding carboxylic acids is 2. The topological polar surface area (TPSA) is 52.7 Å². The average Bonchev–Trinajstić information content (AvgIpc) is 2.45. The predicted octanol–water partition coefficient (Wildman–Crippen LogP) is 3.07. The number of benzene rings is 1. The fourth-order valence-corrected chi connectivity index (χ4v) is 2.80. The van der Waals surface area contributed by atoms with Crippen molar-refractivity contribution in [2.75, 3.05) is 38.0 Å². The molecule has 132 valence electrons. The van der Waals surface area contributed by atoms with Crippen molar-refractivity contribution in [1.29, 1.82) is 0 Å². The Balaban J connectivity index is 1.85. The first-order chi connectivity index (χ1) is 11.1. The lowest BCUT2D eigenvalue weighted by atomic mass is 9.90. The molecule has 1 N–H and O–H groups in total. The molecule has 1 aromatic rings. The summed E-state index contributed by atoms with van der Waals surface area (Å²) in [6.45, 7) is 13.1. The van der Waals surface area contributed by atoms with E-state index in [1.165, 1.54) is 0 Å². The molecule has 1 aromatic carbocycles.